The molecule has 0 amide bonds. The molecule has 5 nitrogen and oxygen atoms in total. The first-order valence-electron chi connectivity index (χ1n) is 11.6. The van der Waals surface area contributed by atoms with Crippen LogP contribution in [-0.4, -0.2) is 6.21 Å². The van der Waals surface area contributed by atoms with Crippen LogP contribution < -0.4 is 5.32 Å². The molecule has 0 saturated heterocycles. The van der Waals surface area contributed by atoms with Crippen molar-refractivity contribution in [2.45, 2.75) is 38.5 Å². The number of hydrogen-bond donors (Lipinski definition) is 1. The Bertz CT molecular complexity index is 1380. The second-order valence-electron chi connectivity index (χ2n) is 8.55. The van der Waals surface area contributed by atoms with Crippen LogP contribution in [0.1, 0.15) is 49.7 Å². The molecule has 34 heavy (non-hydrogen) atoms. The summed E-state index contributed by atoms with van der Waals surface area (Å²) in [5, 5.41) is 22.1. The maximum absolute atomic E-state index is 9.38. The highest BCUT2D eigenvalue weighted by molar-refractivity contribution is 5.84. The van der Waals surface area contributed by atoms with Crippen LogP contribution in [0, 0.1) is 22.7 Å². The number of anilines is 1. The zero-order chi connectivity index (χ0) is 23.3. The number of hydrogen-bond acceptors (Lipinski definition) is 5. The maximum Gasteiger partial charge on any atom is 0.135 e. The molecular formula is C29H24N4O. The van der Waals surface area contributed by atoms with Crippen LogP contribution >= 0.6 is 0 Å². The van der Waals surface area contributed by atoms with Gasteiger partial charge in [-0.25, -0.2) is 0 Å². The summed E-state index contributed by atoms with van der Waals surface area (Å²) in [5.41, 5.74) is 7.26. The molecule has 1 aliphatic heterocycles. The van der Waals surface area contributed by atoms with Crippen molar-refractivity contribution in [3.05, 3.63) is 106 Å². The highest BCUT2D eigenvalue weighted by Gasteiger charge is 2.28. The number of nitrogens with one attached hydrogen (secondary N) is 1. The number of nitriles is 2. The summed E-state index contributed by atoms with van der Waals surface area (Å²) in [5.74, 6) is 1.81. The van der Waals surface area contributed by atoms with Gasteiger partial charge in [-0.1, -0.05) is 24.3 Å². The molecule has 2 aliphatic carbocycles. The topological polar surface area (TPSA) is 81.2 Å². The second-order valence-corrected chi connectivity index (χ2v) is 8.55. The van der Waals surface area contributed by atoms with Crippen LogP contribution in [-0.2, 0) is 4.74 Å². The third kappa shape index (κ3) is 4.29. The molecule has 0 fully saturated rings. The lowest BCUT2D eigenvalue weighted by molar-refractivity contribution is 0.293. The minimum atomic E-state index is 0.562. The molecular weight excluding hydrogens is 420 g/mol. The number of fused-ring (bicyclic) bond motifs is 1. The van der Waals surface area contributed by atoms with E-state index in [0.717, 1.165) is 66.9 Å². The standard InChI is InChI=1S/C29H24N4O/c30-16-22-7-1-3-13-26(22)32-18-24-11-5-9-20-15-21-10-6-12-25(29(21)34-28(20)24)19-33-27-14-4-2-8-23(27)17-31/h1-4,7-8,13-15,18-19,32H,5-6,9-12H2. The van der Waals surface area contributed by atoms with Crippen molar-refractivity contribution < 1.29 is 4.74 Å². The number of rotatable bonds is 4. The number of ether oxygens (including phenoxy) is 1. The van der Waals surface area contributed by atoms with Gasteiger partial charge in [0.2, 0.25) is 0 Å². The summed E-state index contributed by atoms with van der Waals surface area (Å²) in [4.78, 5) is 4.62. The molecule has 0 unspecified atom stereocenters. The van der Waals surface area contributed by atoms with Gasteiger partial charge >= 0.3 is 0 Å². The molecule has 0 saturated carbocycles. The Morgan fingerprint density at radius 1 is 0.853 bits per heavy atom. The predicted octanol–water partition coefficient (Wildman–Crippen LogP) is 6.96. The largest absolute Gasteiger partial charge is 0.456 e. The van der Waals surface area contributed by atoms with E-state index in [1.54, 1.807) is 12.1 Å². The van der Waals surface area contributed by atoms with Gasteiger partial charge < -0.3 is 10.1 Å². The molecule has 0 bridgehead atoms. The Morgan fingerprint density at radius 2 is 1.62 bits per heavy atom. The molecule has 0 spiro atoms. The molecule has 1 heterocycles. The van der Waals surface area contributed by atoms with Gasteiger partial charge in [-0.2, -0.15) is 10.5 Å². The van der Waals surface area contributed by atoms with E-state index in [-0.39, 0.29) is 0 Å². The van der Waals surface area contributed by atoms with Crippen LogP contribution in [0.5, 0.6) is 0 Å². The summed E-state index contributed by atoms with van der Waals surface area (Å²) < 4.78 is 6.57. The Balaban J connectivity index is 1.46. The quantitative estimate of drug-likeness (QED) is 0.517. The van der Waals surface area contributed by atoms with Crippen LogP contribution in [0.3, 0.4) is 0 Å². The van der Waals surface area contributed by atoms with Gasteiger partial charge in [-0.15, -0.1) is 0 Å². The van der Waals surface area contributed by atoms with Crippen molar-refractivity contribution in [2.24, 2.45) is 4.99 Å². The summed E-state index contributed by atoms with van der Waals surface area (Å²) in [6, 6.07) is 19.3. The lowest BCUT2D eigenvalue weighted by Gasteiger charge is -2.31. The number of allylic oxidation sites excluding steroid dienone is 5. The number of aliphatic imine (C=N–C) groups is 1. The lowest BCUT2D eigenvalue weighted by Crippen LogP contribution is -2.16. The number of nitrogens with zero attached hydrogens (tertiary/aromatic N) is 3. The van der Waals surface area contributed by atoms with E-state index < -0.39 is 0 Å². The third-order valence-electron chi connectivity index (χ3n) is 6.34. The second kappa shape index (κ2) is 9.65. The normalized spacial score (nSPS) is 18.5. The van der Waals surface area contributed by atoms with Gasteiger partial charge in [0.05, 0.1) is 22.5 Å². The third-order valence-corrected chi connectivity index (χ3v) is 6.34. The highest BCUT2D eigenvalue weighted by atomic mass is 16.5. The first-order chi connectivity index (χ1) is 16.8. The molecule has 0 atom stereocenters. The van der Waals surface area contributed by atoms with Crippen molar-refractivity contribution in [1.82, 2.24) is 0 Å². The maximum atomic E-state index is 9.38. The van der Waals surface area contributed by atoms with Gasteiger partial charge in [0.1, 0.15) is 23.7 Å². The van der Waals surface area contributed by atoms with E-state index in [1.807, 2.05) is 48.8 Å². The molecule has 2 aromatic carbocycles. The SMILES string of the molecule is N#Cc1ccccc1N=CC1=C2OC3=C(C=C2CCC1)CCCC3=CNc1ccccc1C#N. The first-order valence-corrected chi connectivity index (χ1v) is 11.6. The highest BCUT2D eigenvalue weighted by Crippen LogP contribution is 2.42. The minimum Gasteiger partial charge on any atom is -0.456 e. The predicted molar refractivity (Wildman–Crippen MR) is 133 cm³/mol. The molecule has 0 radical (unpaired) electrons. The van der Waals surface area contributed by atoms with Crippen molar-refractivity contribution in [1.29, 1.82) is 10.5 Å². The van der Waals surface area contributed by atoms with E-state index >= 15 is 0 Å². The van der Waals surface area contributed by atoms with E-state index in [1.165, 1.54) is 11.1 Å². The minimum absolute atomic E-state index is 0.562. The Labute approximate surface area is 199 Å². The fourth-order valence-electron chi connectivity index (χ4n) is 4.62. The van der Waals surface area contributed by atoms with Gasteiger partial charge in [0, 0.05) is 23.6 Å². The Hall–Kier alpha value is -4.35. The van der Waals surface area contributed by atoms with E-state index in [4.69, 9.17) is 4.74 Å². The average Bonchev–Trinajstić information content (AvgIpc) is 2.89. The molecule has 5 heteroatoms. The molecule has 5 rings (SSSR count). The van der Waals surface area contributed by atoms with Gasteiger partial charge in [-0.3, -0.25) is 4.99 Å². The lowest BCUT2D eigenvalue weighted by atomic mass is 9.86. The summed E-state index contributed by atoms with van der Waals surface area (Å²) in [7, 11) is 0. The fourth-order valence-corrected chi connectivity index (χ4v) is 4.62. The summed E-state index contributed by atoms with van der Waals surface area (Å²) in [6.07, 6.45) is 12.0. The Kier molecular flexibility index (Phi) is 6.10. The number of benzene rings is 2. The Morgan fingerprint density at radius 3 is 2.47 bits per heavy atom. The number of para-hydroxylation sites is 2. The van der Waals surface area contributed by atoms with E-state index in [0.29, 0.717) is 16.8 Å². The van der Waals surface area contributed by atoms with E-state index in [2.05, 4.69) is 28.5 Å². The van der Waals surface area contributed by atoms with Crippen LogP contribution in [0.2, 0.25) is 0 Å². The molecule has 1 N–H and O–H groups in total. The molecule has 166 valence electrons. The first kappa shape index (κ1) is 21.5. The van der Waals surface area contributed by atoms with E-state index in [9.17, 15) is 10.5 Å². The zero-order valence-corrected chi connectivity index (χ0v) is 18.8. The van der Waals surface area contributed by atoms with Crippen molar-refractivity contribution in [2.75, 3.05) is 5.32 Å². The fraction of sp³-hybridized carbons (Fsp3) is 0.207. The van der Waals surface area contributed by atoms with Gasteiger partial charge in [-0.05, 0) is 80.0 Å². The monoisotopic (exact) mass is 444 g/mol. The van der Waals surface area contributed by atoms with Gasteiger partial charge in [0.15, 0.2) is 0 Å². The molecule has 2 aromatic rings. The van der Waals surface area contributed by atoms with Crippen LogP contribution in [0.25, 0.3) is 0 Å². The smallest absolute Gasteiger partial charge is 0.135 e. The van der Waals surface area contributed by atoms with Crippen molar-refractivity contribution in [3.63, 3.8) is 0 Å². The van der Waals surface area contributed by atoms with Gasteiger partial charge in [0.25, 0.3) is 0 Å². The summed E-state index contributed by atoms with van der Waals surface area (Å²) in [6.45, 7) is 0. The zero-order valence-electron chi connectivity index (χ0n) is 18.8. The molecule has 3 aliphatic rings. The van der Waals surface area contributed by atoms with Crippen LogP contribution in [0.4, 0.5) is 11.4 Å². The van der Waals surface area contributed by atoms with Crippen LogP contribution in [0.15, 0.2) is 99.6 Å². The average molecular weight is 445 g/mol. The van der Waals surface area contributed by atoms with Crippen molar-refractivity contribution >= 4 is 17.6 Å². The molecule has 0 aromatic heterocycles. The summed E-state index contributed by atoms with van der Waals surface area (Å²) >= 11 is 0. The van der Waals surface area contributed by atoms with Crippen molar-refractivity contribution in [3.8, 4) is 12.1 Å².